The van der Waals surface area contributed by atoms with Crippen LogP contribution in [0, 0.1) is 0 Å². The van der Waals surface area contributed by atoms with Crippen LogP contribution in [0.1, 0.15) is 33.6 Å². The number of carbonyl (C=O) groups excluding carboxylic acids is 3. The van der Waals surface area contributed by atoms with Gasteiger partial charge in [0.1, 0.15) is 6.04 Å². The van der Waals surface area contributed by atoms with Crippen LogP contribution in [0.4, 0.5) is 0 Å². The Kier molecular flexibility index (Phi) is 8.40. The van der Waals surface area contributed by atoms with Crippen LogP contribution >= 0.6 is 11.8 Å². The number of nitrogens with one attached hydrogen (secondary N) is 2. The molecule has 8 heteroatoms. The van der Waals surface area contributed by atoms with Gasteiger partial charge in [0, 0.05) is 6.04 Å². The second-order valence-electron chi connectivity index (χ2n) is 5.39. The minimum atomic E-state index is -0.859. The minimum Gasteiger partial charge on any atom is -0.464 e. The van der Waals surface area contributed by atoms with Gasteiger partial charge in [-0.05, 0) is 38.7 Å². The third-order valence-electron chi connectivity index (χ3n) is 3.51. The Bertz CT molecular complexity index is 432. The number of carbonyl (C=O) groups is 3. The van der Waals surface area contributed by atoms with Crippen LogP contribution in [0.3, 0.4) is 0 Å². The average molecular weight is 346 g/mol. The van der Waals surface area contributed by atoms with E-state index in [9.17, 15) is 14.4 Å². The normalized spacial score (nSPS) is 21.9. The van der Waals surface area contributed by atoms with Crippen molar-refractivity contribution in [2.45, 2.75) is 57.9 Å². The molecule has 1 aliphatic heterocycles. The number of hydrogen-bond acceptors (Lipinski definition) is 6. The molecular formula is C15H26N2O5S. The molecule has 2 N–H and O–H groups in total. The van der Waals surface area contributed by atoms with Gasteiger partial charge < -0.3 is 20.1 Å². The largest absolute Gasteiger partial charge is 0.464 e. The predicted octanol–water partition coefficient (Wildman–Crippen LogP) is 0.470. The van der Waals surface area contributed by atoms with Crippen LogP contribution in [-0.4, -0.2) is 60.7 Å². The third kappa shape index (κ3) is 6.39. The molecule has 0 saturated carbocycles. The molecule has 0 aromatic carbocycles. The van der Waals surface area contributed by atoms with Gasteiger partial charge in [-0.2, -0.15) is 11.8 Å². The molecule has 0 aromatic heterocycles. The molecule has 1 aliphatic rings. The molecule has 1 unspecified atom stereocenters. The van der Waals surface area contributed by atoms with Crippen molar-refractivity contribution in [2.75, 3.05) is 18.6 Å². The van der Waals surface area contributed by atoms with Crippen molar-refractivity contribution in [3.05, 3.63) is 0 Å². The molecule has 2 amide bonds. The van der Waals surface area contributed by atoms with Gasteiger partial charge in [0.25, 0.3) is 5.91 Å². The first-order valence-electron chi connectivity index (χ1n) is 7.86. The molecule has 7 nitrogen and oxygen atoms in total. The summed E-state index contributed by atoms with van der Waals surface area (Å²) in [6, 6.07) is -0.586. The first-order valence-corrected chi connectivity index (χ1v) is 9.25. The van der Waals surface area contributed by atoms with Crippen molar-refractivity contribution in [3.8, 4) is 0 Å². The number of thioether (sulfide) groups is 1. The quantitative estimate of drug-likeness (QED) is 0.441. The van der Waals surface area contributed by atoms with E-state index >= 15 is 0 Å². The highest BCUT2D eigenvalue weighted by atomic mass is 32.2. The number of amides is 2. The summed E-state index contributed by atoms with van der Waals surface area (Å²) in [5.74, 6) is -0.466. The predicted molar refractivity (Wildman–Crippen MR) is 88.1 cm³/mol. The van der Waals surface area contributed by atoms with Crippen LogP contribution in [0.5, 0.6) is 0 Å². The lowest BCUT2D eigenvalue weighted by Crippen LogP contribution is -2.50. The molecule has 0 bridgehead atoms. The van der Waals surface area contributed by atoms with Gasteiger partial charge in [-0.25, -0.2) is 4.79 Å². The first-order chi connectivity index (χ1) is 10.9. The lowest BCUT2D eigenvalue weighted by molar-refractivity contribution is -0.144. The van der Waals surface area contributed by atoms with Crippen LogP contribution in [0.25, 0.3) is 0 Å². The van der Waals surface area contributed by atoms with Crippen molar-refractivity contribution >= 4 is 29.5 Å². The average Bonchev–Trinajstić information content (AvgIpc) is 3.31. The maximum atomic E-state index is 12.2. The molecule has 0 spiro atoms. The summed E-state index contributed by atoms with van der Waals surface area (Å²) < 4.78 is 9.86. The second kappa shape index (κ2) is 9.77. The van der Waals surface area contributed by atoms with Gasteiger partial charge in [-0.1, -0.05) is 6.92 Å². The van der Waals surface area contributed by atoms with Crippen molar-refractivity contribution in [1.29, 1.82) is 0 Å². The summed E-state index contributed by atoms with van der Waals surface area (Å²) in [4.78, 5) is 35.9. The zero-order chi connectivity index (χ0) is 17.4. The number of esters is 1. The standard InChI is InChI=1S/C15H26N2O5S/c1-5-9(3)16-13(18)10(7-8-23-4)17-14(19)11-12(22-11)15(20)21-6-2/h9-12H,5-8H2,1-4H3,(H,16,18)(H,17,19)/t9?,10-,11-,12-/m0/s1. The van der Waals surface area contributed by atoms with Crippen molar-refractivity contribution in [1.82, 2.24) is 10.6 Å². The molecule has 1 heterocycles. The number of ether oxygens (including phenoxy) is 2. The Labute approximate surface area is 141 Å². The zero-order valence-electron chi connectivity index (χ0n) is 14.1. The van der Waals surface area contributed by atoms with Gasteiger partial charge in [0.15, 0.2) is 12.2 Å². The minimum absolute atomic E-state index is 0.0423. The SMILES string of the molecule is CCOC(=O)[C@H]1O[C@@H]1C(=O)N[C@@H](CCSC)C(=O)NC(C)CC. The topological polar surface area (TPSA) is 97.0 Å². The molecule has 1 saturated heterocycles. The van der Waals surface area contributed by atoms with Crippen LogP contribution in [-0.2, 0) is 23.9 Å². The molecule has 4 atom stereocenters. The highest BCUT2D eigenvalue weighted by molar-refractivity contribution is 7.98. The van der Waals surface area contributed by atoms with Gasteiger partial charge in [-0.15, -0.1) is 0 Å². The lowest BCUT2D eigenvalue weighted by Gasteiger charge is -2.20. The number of epoxide rings is 1. The number of rotatable bonds is 10. The fraction of sp³-hybridized carbons (Fsp3) is 0.800. The van der Waals surface area contributed by atoms with Crippen LogP contribution < -0.4 is 10.6 Å². The summed E-state index contributed by atoms with van der Waals surface area (Å²) in [6.07, 6.45) is 1.56. The highest BCUT2D eigenvalue weighted by Crippen LogP contribution is 2.23. The lowest BCUT2D eigenvalue weighted by atomic mass is 10.1. The monoisotopic (exact) mass is 346 g/mol. The van der Waals surface area contributed by atoms with E-state index in [-0.39, 0.29) is 18.6 Å². The Balaban J connectivity index is 2.54. The maximum Gasteiger partial charge on any atom is 0.338 e. The van der Waals surface area contributed by atoms with E-state index in [1.54, 1.807) is 18.7 Å². The molecule has 132 valence electrons. The molecule has 0 radical (unpaired) electrons. The van der Waals surface area contributed by atoms with Crippen molar-refractivity contribution < 1.29 is 23.9 Å². The summed E-state index contributed by atoms with van der Waals surface area (Å²) in [5, 5.41) is 5.54. The van der Waals surface area contributed by atoms with Gasteiger partial charge in [0.05, 0.1) is 6.61 Å². The summed E-state index contributed by atoms with van der Waals surface area (Å²) in [6.45, 7) is 5.81. The van der Waals surface area contributed by atoms with E-state index in [0.717, 1.165) is 12.2 Å². The molecule has 0 aliphatic carbocycles. The van der Waals surface area contributed by atoms with Gasteiger partial charge >= 0.3 is 5.97 Å². The Morgan fingerprint density at radius 2 is 1.91 bits per heavy atom. The Morgan fingerprint density at radius 3 is 2.48 bits per heavy atom. The molecule has 1 fully saturated rings. The smallest absolute Gasteiger partial charge is 0.338 e. The second-order valence-corrected chi connectivity index (χ2v) is 6.38. The Hall–Kier alpha value is -1.28. The van der Waals surface area contributed by atoms with E-state index in [0.29, 0.717) is 6.42 Å². The van der Waals surface area contributed by atoms with Crippen molar-refractivity contribution in [3.63, 3.8) is 0 Å². The van der Waals surface area contributed by atoms with E-state index in [4.69, 9.17) is 9.47 Å². The maximum absolute atomic E-state index is 12.2. The van der Waals surface area contributed by atoms with Crippen LogP contribution in [0.2, 0.25) is 0 Å². The van der Waals surface area contributed by atoms with Gasteiger partial charge in [-0.3, -0.25) is 9.59 Å². The fourth-order valence-corrected chi connectivity index (χ4v) is 2.39. The van der Waals surface area contributed by atoms with E-state index in [1.807, 2.05) is 20.1 Å². The van der Waals surface area contributed by atoms with Crippen molar-refractivity contribution in [2.24, 2.45) is 0 Å². The Morgan fingerprint density at radius 1 is 1.22 bits per heavy atom. The molecule has 1 rings (SSSR count). The first kappa shape index (κ1) is 19.8. The van der Waals surface area contributed by atoms with E-state index in [2.05, 4.69) is 10.6 Å². The summed E-state index contributed by atoms with van der Waals surface area (Å²) in [7, 11) is 0. The van der Waals surface area contributed by atoms with Crippen LogP contribution in [0.15, 0.2) is 0 Å². The third-order valence-corrected chi connectivity index (χ3v) is 4.16. The summed E-state index contributed by atoms with van der Waals surface area (Å²) in [5.41, 5.74) is 0. The summed E-state index contributed by atoms with van der Waals surface area (Å²) >= 11 is 1.60. The molecular weight excluding hydrogens is 320 g/mol. The fourth-order valence-electron chi connectivity index (χ4n) is 1.92. The van der Waals surface area contributed by atoms with E-state index in [1.165, 1.54) is 0 Å². The molecule has 23 heavy (non-hydrogen) atoms. The van der Waals surface area contributed by atoms with Gasteiger partial charge in [0.2, 0.25) is 5.91 Å². The number of hydrogen-bond donors (Lipinski definition) is 2. The highest BCUT2D eigenvalue weighted by Gasteiger charge is 2.52. The zero-order valence-corrected chi connectivity index (χ0v) is 14.9. The molecule has 0 aromatic rings. The van der Waals surface area contributed by atoms with E-state index < -0.39 is 30.1 Å².